The summed E-state index contributed by atoms with van der Waals surface area (Å²) in [5.41, 5.74) is 20.3. The summed E-state index contributed by atoms with van der Waals surface area (Å²) >= 11 is 1.98. The molecule has 0 spiro atoms. The maximum Gasteiger partial charge on any atom is 0.254 e. The first-order chi connectivity index (χ1) is 30.0. The molecule has 0 bridgehead atoms. The number of rotatable bonds is 2. The summed E-state index contributed by atoms with van der Waals surface area (Å²) in [4.78, 5) is 5.22. The van der Waals surface area contributed by atoms with Crippen molar-refractivity contribution in [3.05, 3.63) is 137 Å². The highest BCUT2D eigenvalue weighted by Gasteiger charge is 2.48. The first kappa shape index (κ1) is 41.4. The fourth-order valence-electron chi connectivity index (χ4n) is 11.2. The summed E-state index contributed by atoms with van der Waals surface area (Å²) in [5, 5.41) is 5.02. The number of para-hydroxylation sites is 1. The van der Waals surface area contributed by atoms with Crippen molar-refractivity contribution in [2.24, 2.45) is 0 Å². The van der Waals surface area contributed by atoms with Crippen molar-refractivity contribution >= 4 is 99.9 Å². The standard InChI is InChI=1S/C59H63BN2OS/c1-34-27-46-51-47(28-34)62(38-21-19-35(20-22-38)55(2,3)4)54-50(42-32-43-44(33-49(42)64-54)59(13,14)26-25-58(43,11)12)60(51)45-24-23-41-40-17-15-16-18-48(40)63-53(41)52(45)61(46)39-30-36(56(5,6)7)29-37(31-39)57(8,9)10/h15-24,27-33H,25-26H2,1-14H3. The monoisotopic (exact) mass is 858 g/mol. The number of fused-ring (bicyclic) bond motifs is 11. The van der Waals surface area contributed by atoms with Gasteiger partial charge in [-0.15, -0.1) is 11.3 Å². The quantitative estimate of drug-likeness (QED) is 0.162. The van der Waals surface area contributed by atoms with Gasteiger partial charge in [0.1, 0.15) is 5.58 Å². The van der Waals surface area contributed by atoms with Gasteiger partial charge < -0.3 is 14.2 Å². The minimum absolute atomic E-state index is 0.0195. The number of hydrogen-bond acceptors (Lipinski definition) is 4. The van der Waals surface area contributed by atoms with E-state index in [9.17, 15) is 0 Å². The van der Waals surface area contributed by atoms with Crippen LogP contribution in [0.25, 0.3) is 32.0 Å². The van der Waals surface area contributed by atoms with Crippen LogP contribution in [0.2, 0.25) is 0 Å². The van der Waals surface area contributed by atoms with Crippen LogP contribution >= 0.6 is 11.3 Å². The fourth-order valence-corrected chi connectivity index (χ4v) is 12.5. The highest BCUT2D eigenvalue weighted by atomic mass is 32.1. The Morgan fingerprint density at radius 2 is 1.16 bits per heavy atom. The Hall–Kier alpha value is -5.26. The Morgan fingerprint density at radius 3 is 1.78 bits per heavy atom. The van der Waals surface area contributed by atoms with Crippen molar-refractivity contribution in [3.8, 4) is 0 Å². The van der Waals surface area contributed by atoms with E-state index >= 15 is 0 Å². The molecule has 0 amide bonds. The SMILES string of the molecule is Cc1cc2c3c(c1)N(c1cc(C(C)(C)C)cc(C(C)(C)C)c1)c1c(ccc4c1oc1ccccc14)B3c1c(sc3cc4c(cc13)C(C)(C)CCC4(C)C)N2c1ccc(C(C)(C)C)cc1. The summed E-state index contributed by atoms with van der Waals surface area (Å²) < 4.78 is 8.52. The van der Waals surface area contributed by atoms with E-state index in [1.54, 1.807) is 0 Å². The molecule has 11 rings (SSSR count). The molecule has 3 aliphatic rings. The zero-order chi connectivity index (χ0) is 45.2. The van der Waals surface area contributed by atoms with Crippen molar-refractivity contribution < 1.29 is 4.42 Å². The third-order valence-electron chi connectivity index (χ3n) is 15.2. The van der Waals surface area contributed by atoms with Crippen LogP contribution in [-0.4, -0.2) is 6.71 Å². The molecule has 1 aliphatic carbocycles. The van der Waals surface area contributed by atoms with Crippen LogP contribution < -0.4 is 26.2 Å². The van der Waals surface area contributed by atoms with Crippen LogP contribution in [-0.2, 0) is 27.1 Å². The van der Waals surface area contributed by atoms with Gasteiger partial charge in [-0.2, -0.15) is 0 Å². The molecule has 2 aliphatic heterocycles. The third-order valence-corrected chi connectivity index (χ3v) is 16.4. The second-order valence-corrected chi connectivity index (χ2v) is 24.9. The van der Waals surface area contributed by atoms with Crippen LogP contribution in [0.3, 0.4) is 0 Å². The lowest BCUT2D eigenvalue weighted by Crippen LogP contribution is -2.61. The zero-order valence-corrected chi connectivity index (χ0v) is 41.3. The van der Waals surface area contributed by atoms with Crippen molar-refractivity contribution in [2.45, 2.75) is 137 Å². The van der Waals surface area contributed by atoms with E-state index in [2.05, 4.69) is 210 Å². The highest BCUT2D eigenvalue weighted by Crippen LogP contribution is 2.53. The van der Waals surface area contributed by atoms with Gasteiger partial charge in [-0.3, -0.25) is 0 Å². The van der Waals surface area contributed by atoms with Gasteiger partial charge in [0.2, 0.25) is 0 Å². The number of furan rings is 1. The minimum Gasteiger partial charge on any atom is -0.454 e. The predicted molar refractivity (Wildman–Crippen MR) is 279 cm³/mol. The number of thiophene rings is 1. The fraction of sp³-hybridized carbons (Fsp3) is 0.356. The number of hydrogen-bond donors (Lipinski definition) is 0. The van der Waals surface area contributed by atoms with Gasteiger partial charge in [-0.1, -0.05) is 139 Å². The minimum atomic E-state index is -0.0590. The van der Waals surface area contributed by atoms with Crippen molar-refractivity contribution in [1.29, 1.82) is 0 Å². The van der Waals surface area contributed by atoms with E-state index in [1.807, 2.05) is 11.3 Å². The van der Waals surface area contributed by atoms with Gasteiger partial charge in [-0.25, -0.2) is 0 Å². The summed E-state index contributed by atoms with van der Waals surface area (Å²) in [6.45, 7) is 33.1. The Morgan fingerprint density at radius 1 is 0.562 bits per heavy atom. The second-order valence-electron chi connectivity index (χ2n) is 23.8. The van der Waals surface area contributed by atoms with Crippen molar-refractivity contribution in [3.63, 3.8) is 0 Å². The number of nitrogens with zero attached hydrogens (tertiary/aromatic N) is 2. The normalized spacial score (nSPS) is 16.6. The van der Waals surface area contributed by atoms with Crippen LogP contribution in [0.1, 0.15) is 136 Å². The van der Waals surface area contributed by atoms with Crippen molar-refractivity contribution in [2.75, 3.05) is 9.80 Å². The maximum absolute atomic E-state index is 7.15. The first-order valence-corrected chi connectivity index (χ1v) is 24.4. The molecule has 6 aromatic carbocycles. The number of aryl methyl sites for hydroxylation is 1. The molecule has 0 atom stereocenters. The highest BCUT2D eigenvalue weighted by molar-refractivity contribution is 7.26. The molecule has 5 heteroatoms. The molecule has 0 saturated carbocycles. The topological polar surface area (TPSA) is 19.6 Å². The Bertz CT molecular complexity index is 3220. The molecule has 8 aromatic rings. The molecular weight excluding hydrogens is 796 g/mol. The molecular formula is C59H63BN2OS. The van der Waals surface area contributed by atoms with Crippen LogP contribution in [0, 0.1) is 6.92 Å². The molecule has 0 N–H and O–H groups in total. The van der Waals surface area contributed by atoms with E-state index in [-0.39, 0.29) is 33.8 Å². The summed E-state index contributed by atoms with van der Waals surface area (Å²) in [6, 6.07) is 40.4. The van der Waals surface area contributed by atoms with E-state index in [1.165, 1.54) is 100 Å². The summed E-state index contributed by atoms with van der Waals surface area (Å²) in [6.07, 6.45) is 2.37. The van der Waals surface area contributed by atoms with Crippen LogP contribution in [0.15, 0.2) is 108 Å². The summed E-state index contributed by atoms with van der Waals surface area (Å²) in [5.74, 6) is 0. The average molecular weight is 859 g/mol. The van der Waals surface area contributed by atoms with Gasteiger partial charge in [0, 0.05) is 38.2 Å². The first-order valence-electron chi connectivity index (χ1n) is 23.6. The van der Waals surface area contributed by atoms with E-state index in [4.69, 9.17) is 4.42 Å². The molecule has 3 nitrogen and oxygen atoms in total. The third kappa shape index (κ3) is 6.12. The van der Waals surface area contributed by atoms with E-state index in [0.717, 1.165) is 27.6 Å². The van der Waals surface area contributed by atoms with Crippen molar-refractivity contribution in [1.82, 2.24) is 0 Å². The Labute approximate surface area is 385 Å². The lowest BCUT2D eigenvalue weighted by Gasteiger charge is -2.44. The largest absolute Gasteiger partial charge is 0.454 e. The number of anilines is 6. The lowest BCUT2D eigenvalue weighted by molar-refractivity contribution is 0.332. The van der Waals surface area contributed by atoms with Gasteiger partial charge >= 0.3 is 0 Å². The summed E-state index contributed by atoms with van der Waals surface area (Å²) in [7, 11) is 0. The lowest BCUT2D eigenvalue weighted by atomic mass is 9.33. The number of benzene rings is 6. The zero-order valence-electron chi connectivity index (χ0n) is 40.5. The van der Waals surface area contributed by atoms with Gasteiger partial charge in [0.25, 0.3) is 6.71 Å². The molecule has 0 radical (unpaired) electrons. The average Bonchev–Trinajstić information content (AvgIpc) is 3.79. The molecule has 0 saturated heterocycles. The van der Waals surface area contributed by atoms with E-state index < -0.39 is 0 Å². The molecule has 324 valence electrons. The predicted octanol–water partition coefficient (Wildman–Crippen LogP) is 15.4. The molecule has 4 heterocycles. The molecule has 0 unspecified atom stereocenters. The van der Waals surface area contributed by atoms with E-state index in [0.29, 0.717) is 0 Å². The van der Waals surface area contributed by atoms with Crippen LogP contribution in [0.4, 0.5) is 33.4 Å². The van der Waals surface area contributed by atoms with Gasteiger partial charge in [-0.05, 0) is 157 Å². The Balaban J connectivity index is 1.30. The maximum atomic E-state index is 7.15. The second kappa shape index (κ2) is 13.4. The van der Waals surface area contributed by atoms with Gasteiger partial charge in [0.15, 0.2) is 5.58 Å². The smallest absolute Gasteiger partial charge is 0.254 e. The molecule has 64 heavy (non-hydrogen) atoms. The Kier molecular flexibility index (Phi) is 8.69. The molecule has 2 aromatic heterocycles. The van der Waals surface area contributed by atoms with Crippen LogP contribution in [0.5, 0.6) is 0 Å². The molecule has 0 fully saturated rings. The van der Waals surface area contributed by atoms with Gasteiger partial charge in [0.05, 0.1) is 10.7 Å².